The second-order valence-electron chi connectivity index (χ2n) is 13.9. The van der Waals surface area contributed by atoms with Crippen LogP contribution < -0.4 is 10.4 Å². The Hall–Kier alpha value is -0.242. The van der Waals surface area contributed by atoms with Crippen molar-refractivity contribution in [2.75, 3.05) is 0 Å². The van der Waals surface area contributed by atoms with Gasteiger partial charge in [0.05, 0.1) is 0 Å². The summed E-state index contributed by atoms with van der Waals surface area (Å²) < 4.78 is 35.1. The fourth-order valence-corrected chi connectivity index (χ4v) is 39.8. The van der Waals surface area contributed by atoms with E-state index in [2.05, 4.69) is 146 Å². The summed E-state index contributed by atoms with van der Waals surface area (Å²) in [5.41, 5.74) is 0.898. The number of hydrogen-bond donors (Lipinski definition) is 0. The minimum Gasteiger partial charge on any atom is -0.456 e. The first-order valence-electron chi connectivity index (χ1n) is 13.7. The van der Waals surface area contributed by atoms with Crippen molar-refractivity contribution in [3.05, 3.63) is 60.7 Å². The standard InChI is InChI=1S/C26H52O5Si7/c1-32(27-37(13,30-34(5,6)7)24-36(11,12)29-33(2,3)4)28-38(31-35(8,9)10,25-20-16-14-17-21-25)26-22-18-15-19-23-26/h14-23,32H,24H2,1-13H3. The molecule has 2 rings (SSSR count). The topological polar surface area (TPSA) is 46.2 Å². The molecule has 5 nitrogen and oxygen atoms in total. The Morgan fingerprint density at radius 2 is 0.921 bits per heavy atom. The van der Waals surface area contributed by atoms with Crippen LogP contribution in [0.3, 0.4) is 0 Å². The van der Waals surface area contributed by atoms with E-state index in [0.29, 0.717) is 0 Å². The Labute approximate surface area is 241 Å². The Kier molecular flexibility index (Phi) is 11.4. The van der Waals surface area contributed by atoms with Crippen LogP contribution in [0.5, 0.6) is 0 Å². The van der Waals surface area contributed by atoms with E-state index in [1.54, 1.807) is 0 Å². The second-order valence-corrected chi connectivity index (χ2v) is 41.6. The second kappa shape index (κ2) is 12.7. The van der Waals surface area contributed by atoms with Gasteiger partial charge in [0.1, 0.15) is 0 Å². The van der Waals surface area contributed by atoms with Crippen molar-refractivity contribution in [2.45, 2.75) is 90.8 Å². The van der Waals surface area contributed by atoms with Gasteiger partial charge in [-0.15, -0.1) is 0 Å². The highest BCUT2D eigenvalue weighted by Gasteiger charge is 2.50. The Balaban J connectivity index is 2.53. The summed E-state index contributed by atoms with van der Waals surface area (Å²) in [5, 5.41) is 2.26. The van der Waals surface area contributed by atoms with Gasteiger partial charge in [-0.3, -0.25) is 0 Å². The van der Waals surface area contributed by atoms with Gasteiger partial charge in [0, 0.05) is 5.67 Å². The minimum absolute atomic E-state index is 0.898. The van der Waals surface area contributed by atoms with Crippen molar-refractivity contribution in [3.8, 4) is 0 Å². The normalized spacial score (nSPS) is 16.2. The molecule has 2 aromatic rings. The van der Waals surface area contributed by atoms with E-state index in [-0.39, 0.29) is 0 Å². The minimum atomic E-state index is -3.04. The molecule has 2 aromatic carbocycles. The molecule has 0 aliphatic rings. The van der Waals surface area contributed by atoms with Crippen LogP contribution in [0.2, 0.25) is 90.8 Å². The van der Waals surface area contributed by atoms with Gasteiger partial charge in [-0.25, -0.2) is 0 Å². The Morgan fingerprint density at radius 1 is 0.526 bits per heavy atom. The fourth-order valence-electron chi connectivity index (χ4n) is 5.19. The SMILES string of the molecule is C[SiH](O[Si](C)(C[Si](C)(C)O[Si](C)(C)C)O[Si](C)(C)C)O[Si](O[Si](C)(C)C)(c1ccccc1)c1ccccc1. The number of rotatable bonds is 14. The summed E-state index contributed by atoms with van der Waals surface area (Å²) in [5.74, 6) is 0. The van der Waals surface area contributed by atoms with Crippen molar-refractivity contribution >= 4 is 70.0 Å². The van der Waals surface area contributed by atoms with Gasteiger partial charge in [-0.2, -0.15) is 0 Å². The third-order valence-corrected chi connectivity index (χ3v) is 31.9. The summed E-state index contributed by atoms with van der Waals surface area (Å²) in [7, 11) is -15.4. The molecule has 0 heterocycles. The lowest BCUT2D eigenvalue weighted by Gasteiger charge is -2.43. The van der Waals surface area contributed by atoms with Crippen molar-refractivity contribution in [1.29, 1.82) is 0 Å². The van der Waals surface area contributed by atoms with Crippen molar-refractivity contribution in [3.63, 3.8) is 0 Å². The first-order chi connectivity index (χ1) is 17.1. The highest BCUT2D eigenvalue weighted by atomic mass is 28.5. The molecule has 0 aromatic heterocycles. The van der Waals surface area contributed by atoms with Gasteiger partial charge in [0.25, 0.3) is 0 Å². The maximum atomic E-state index is 7.23. The summed E-state index contributed by atoms with van der Waals surface area (Å²) in [4.78, 5) is 0. The molecule has 0 N–H and O–H groups in total. The lowest BCUT2D eigenvalue weighted by molar-refractivity contribution is 0.324. The van der Waals surface area contributed by atoms with E-state index in [9.17, 15) is 0 Å². The van der Waals surface area contributed by atoms with Crippen molar-refractivity contribution < 1.29 is 20.6 Å². The van der Waals surface area contributed by atoms with Gasteiger partial charge in [-0.1, -0.05) is 60.7 Å². The number of benzene rings is 2. The third-order valence-electron chi connectivity index (χ3n) is 5.36. The smallest absolute Gasteiger partial charge is 0.387 e. The summed E-state index contributed by atoms with van der Waals surface area (Å²) in [6.45, 7) is 29.4. The molecule has 0 amide bonds. The average molecular weight is 641 g/mol. The largest absolute Gasteiger partial charge is 0.456 e. The van der Waals surface area contributed by atoms with Crippen LogP contribution in [0.25, 0.3) is 0 Å². The molecular weight excluding hydrogens is 589 g/mol. The van der Waals surface area contributed by atoms with Crippen molar-refractivity contribution in [2.24, 2.45) is 0 Å². The first-order valence-corrected chi connectivity index (χ1v) is 33.5. The van der Waals surface area contributed by atoms with Crippen LogP contribution in [-0.4, -0.2) is 59.7 Å². The summed E-state index contributed by atoms with van der Waals surface area (Å²) >= 11 is 0. The van der Waals surface area contributed by atoms with E-state index in [4.69, 9.17) is 20.6 Å². The van der Waals surface area contributed by atoms with Gasteiger partial charge >= 0.3 is 26.4 Å². The molecule has 0 aliphatic carbocycles. The monoisotopic (exact) mass is 640 g/mol. The van der Waals surface area contributed by atoms with Crippen molar-refractivity contribution in [1.82, 2.24) is 0 Å². The molecular formula is C26H52O5Si7. The first kappa shape index (κ1) is 34.0. The molecule has 38 heavy (non-hydrogen) atoms. The van der Waals surface area contributed by atoms with Crippen LogP contribution in [0.15, 0.2) is 60.7 Å². The molecule has 2 atom stereocenters. The van der Waals surface area contributed by atoms with Gasteiger partial charge < -0.3 is 20.6 Å². The molecule has 0 saturated heterocycles. The molecule has 2 unspecified atom stereocenters. The molecule has 0 radical (unpaired) electrons. The van der Waals surface area contributed by atoms with E-state index in [1.807, 2.05) is 0 Å². The van der Waals surface area contributed by atoms with Crippen LogP contribution in [0.4, 0.5) is 0 Å². The average Bonchev–Trinajstić information content (AvgIpc) is 2.69. The molecule has 0 spiro atoms. The fraction of sp³-hybridized carbons (Fsp3) is 0.538. The zero-order valence-corrected chi connectivity index (χ0v) is 33.3. The lowest BCUT2D eigenvalue weighted by atomic mass is 10.4. The van der Waals surface area contributed by atoms with Gasteiger partial charge in [0.2, 0.25) is 0 Å². The molecule has 0 bridgehead atoms. The predicted molar refractivity (Wildman–Crippen MR) is 180 cm³/mol. The lowest BCUT2D eigenvalue weighted by Crippen LogP contribution is -2.69. The third kappa shape index (κ3) is 11.3. The zero-order chi connectivity index (χ0) is 29.0. The van der Waals surface area contributed by atoms with E-state index in [0.717, 1.165) is 16.0 Å². The Morgan fingerprint density at radius 3 is 1.29 bits per heavy atom. The molecule has 0 saturated carbocycles. The van der Waals surface area contributed by atoms with Gasteiger partial charge in [0.15, 0.2) is 33.3 Å². The Bertz CT molecular complexity index is 965. The van der Waals surface area contributed by atoms with Crippen LogP contribution >= 0.6 is 0 Å². The molecule has 214 valence electrons. The van der Waals surface area contributed by atoms with E-state index >= 15 is 0 Å². The molecule has 12 heteroatoms. The quantitative estimate of drug-likeness (QED) is 0.221. The maximum Gasteiger partial charge on any atom is 0.387 e. The number of hydrogen-bond acceptors (Lipinski definition) is 5. The predicted octanol–water partition coefficient (Wildman–Crippen LogP) is 6.50. The molecule has 0 aliphatic heterocycles. The molecule has 0 fully saturated rings. The van der Waals surface area contributed by atoms with Crippen LogP contribution in [0, 0.1) is 0 Å². The van der Waals surface area contributed by atoms with Crippen LogP contribution in [-0.2, 0) is 20.6 Å². The van der Waals surface area contributed by atoms with E-state index < -0.39 is 59.7 Å². The van der Waals surface area contributed by atoms with E-state index in [1.165, 1.54) is 0 Å². The highest BCUT2D eigenvalue weighted by Crippen LogP contribution is 2.30. The maximum absolute atomic E-state index is 7.23. The summed E-state index contributed by atoms with van der Waals surface area (Å²) in [6, 6.07) is 21.1. The highest BCUT2D eigenvalue weighted by molar-refractivity contribution is 7.01. The van der Waals surface area contributed by atoms with Crippen LogP contribution in [0.1, 0.15) is 0 Å². The zero-order valence-electron chi connectivity index (χ0n) is 26.1. The van der Waals surface area contributed by atoms with Gasteiger partial charge in [-0.05, 0) is 95.5 Å². The summed E-state index contributed by atoms with van der Waals surface area (Å²) in [6.07, 6.45) is 0.